The molecule has 1 amide bonds. The molecule has 0 aromatic rings. The lowest BCUT2D eigenvalue weighted by Crippen LogP contribution is -2.49. The number of carbonyl (C=O) groups is 1. The number of carbonyl (C=O) groups excluding carboxylic acids is 1. The lowest BCUT2D eigenvalue weighted by molar-refractivity contribution is -0.145. The van der Waals surface area contributed by atoms with Gasteiger partial charge in [0.15, 0.2) is 0 Å². The van der Waals surface area contributed by atoms with Crippen molar-refractivity contribution in [3.05, 3.63) is 0 Å². The molecule has 0 bridgehead atoms. The maximum Gasteiger partial charge on any atom is 0.225 e. The van der Waals surface area contributed by atoms with Crippen molar-refractivity contribution >= 4 is 5.91 Å². The number of ether oxygens (including phenoxy) is 1. The predicted octanol–water partition coefficient (Wildman–Crippen LogP) is 2.20. The Morgan fingerprint density at radius 2 is 2.05 bits per heavy atom. The monoisotopic (exact) mass is 283 g/mol. The summed E-state index contributed by atoms with van der Waals surface area (Å²) in [6, 6.07) is 0. The second-order valence-corrected chi connectivity index (χ2v) is 6.32. The average molecular weight is 283 g/mol. The van der Waals surface area contributed by atoms with Gasteiger partial charge >= 0.3 is 0 Å². The van der Waals surface area contributed by atoms with E-state index in [-0.39, 0.29) is 18.6 Å². The van der Waals surface area contributed by atoms with E-state index in [2.05, 4.69) is 6.92 Å². The standard InChI is InChI=1S/C16H29NO3/c1-2-3-4-13-5-7-14(8-6-13)16(19)17-9-10-20-15(11-17)12-18/h13-15,18H,2-12H2,1H3. The lowest BCUT2D eigenvalue weighted by Gasteiger charge is -2.36. The number of morpholine rings is 1. The highest BCUT2D eigenvalue weighted by molar-refractivity contribution is 5.79. The second-order valence-electron chi connectivity index (χ2n) is 6.32. The molecule has 20 heavy (non-hydrogen) atoms. The Balaban J connectivity index is 1.76. The largest absolute Gasteiger partial charge is 0.394 e. The molecule has 1 aliphatic heterocycles. The topological polar surface area (TPSA) is 49.8 Å². The third-order valence-corrected chi connectivity index (χ3v) is 4.82. The van der Waals surface area contributed by atoms with Gasteiger partial charge in [0, 0.05) is 19.0 Å². The number of rotatable bonds is 5. The number of aliphatic hydroxyl groups is 1. The van der Waals surface area contributed by atoms with E-state index < -0.39 is 0 Å². The first-order valence-electron chi connectivity index (χ1n) is 8.25. The third kappa shape index (κ3) is 4.19. The summed E-state index contributed by atoms with van der Waals surface area (Å²) < 4.78 is 5.41. The Kier molecular flexibility index (Phi) is 6.30. The van der Waals surface area contributed by atoms with Crippen LogP contribution in [0, 0.1) is 11.8 Å². The first-order chi connectivity index (χ1) is 9.74. The maximum absolute atomic E-state index is 12.5. The van der Waals surface area contributed by atoms with E-state index in [1.54, 1.807) is 0 Å². The molecule has 0 radical (unpaired) electrons. The van der Waals surface area contributed by atoms with E-state index in [0.29, 0.717) is 25.6 Å². The predicted molar refractivity (Wildman–Crippen MR) is 78.4 cm³/mol. The zero-order valence-electron chi connectivity index (χ0n) is 12.7. The Bertz CT molecular complexity index is 300. The van der Waals surface area contributed by atoms with E-state index in [4.69, 9.17) is 9.84 Å². The summed E-state index contributed by atoms with van der Waals surface area (Å²) in [4.78, 5) is 14.4. The van der Waals surface area contributed by atoms with E-state index >= 15 is 0 Å². The minimum Gasteiger partial charge on any atom is -0.394 e. The van der Waals surface area contributed by atoms with E-state index in [1.807, 2.05) is 4.90 Å². The van der Waals surface area contributed by atoms with Crippen LogP contribution in [0.3, 0.4) is 0 Å². The third-order valence-electron chi connectivity index (χ3n) is 4.82. The molecular formula is C16H29NO3. The minimum atomic E-state index is -0.186. The fourth-order valence-corrected chi connectivity index (χ4v) is 3.48. The van der Waals surface area contributed by atoms with Crippen molar-refractivity contribution < 1.29 is 14.6 Å². The van der Waals surface area contributed by atoms with Gasteiger partial charge in [0.05, 0.1) is 19.3 Å². The SMILES string of the molecule is CCCCC1CCC(C(=O)N2CCOC(CO)C2)CC1. The molecular weight excluding hydrogens is 254 g/mol. The molecule has 1 heterocycles. The van der Waals surface area contributed by atoms with Crippen molar-refractivity contribution in [2.75, 3.05) is 26.3 Å². The summed E-state index contributed by atoms with van der Waals surface area (Å²) in [5.74, 6) is 1.35. The Morgan fingerprint density at radius 1 is 1.30 bits per heavy atom. The molecule has 1 unspecified atom stereocenters. The minimum absolute atomic E-state index is 0.00748. The van der Waals surface area contributed by atoms with Crippen molar-refractivity contribution in [3.63, 3.8) is 0 Å². The zero-order chi connectivity index (χ0) is 14.4. The fraction of sp³-hybridized carbons (Fsp3) is 0.938. The van der Waals surface area contributed by atoms with Crippen molar-refractivity contribution in [2.24, 2.45) is 11.8 Å². The molecule has 1 saturated heterocycles. The zero-order valence-corrected chi connectivity index (χ0v) is 12.7. The van der Waals surface area contributed by atoms with Gasteiger partial charge in [-0.25, -0.2) is 0 Å². The normalized spacial score (nSPS) is 31.3. The maximum atomic E-state index is 12.5. The fourth-order valence-electron chi connectivity index (χ4n) is 3.48. The number of hydrogen-bond donors (Lipinski definition) is 1. The van der Waals surface area contributed by atoms with Gasteiger partial charge in [0.2, 0.25) is 5.91 Å². The van der Waals surface area contributed by atoms with Crippen molar-refractivity contribution in [2.45, 2.75) is 58.0 Å². The molecule has 1 aliphatic carbocycles. The van der Waals surface area contributed by atoms with Gasteiger partial charge in [0.25, 0.3) is 0 Å². The highest BCUT2D eigenvalue weighted by Crippen LogP contribution is 2.33. The molecule has 4 heteroatoms. The summed E-state index contributed by atoms with van der Waals surface area (Å²) in [6.07, 6.45) is 8.27. The highest BCUT2D eigenvalue weighted by Gasteiger charge is 2.31. The molecule has 116 valence electrons. The first-order valence-corrected chi connectivity index (χ1v) is 8.25. The van der Waals surface area contributed by atoms with Gasteiger partial charge in [-0.15, -0.1) is 0 Å². The van der Waals surface area contributed by atoms with Gasteiger partial charge in [-0.2, -0.15) is 0 Å². The smallest absolute Gasteiger partial charge is 0.225 e. The van der Waals surface area contributed by atoms with Crippen LogP contribution in [-0.4, -0.2) is 48.3 Å². The van der Waals surface area contributed by atoms with Crippen LogP contribution in [0.4, 0.5) is 0 Å². The molecule has 1 atom stereocenters. The first kappa shape index (κ1) is 15.8. The molecule has 2 fully saturated rings. The van der Waals surface area contributed by atoms with Crippen LogP contribution in [0.1, 0.15) is 51.9 Å². The summed E-state index contributed by atoms with van der Waals surface area (Å²) >= 11 is 0. The van der Waals surface area contributed by atoms with Crippen LogP contribution in [0.5, 0.6) is 0 Å². The Labute approximate surface area is 122 Å². The number of unbranched alkanes of at least 4 members (excludes halogenated alkanes) is 1. The van der Waals surface area contributed by atoms with Gasteiger partial charge in [-0.1, -0.05) is 26.2 Å². The number of nitrogens with zero attached hydrogens (tertiary/aromatic N) is 1. The van der Waals surface area contributed by atoms with Crippen LogP contribution in [-0.2, 0) is 9.53 Å². The van der Waals surface area contributed by atoms with Crippen LogP contribution in [0.15, 0.2) is 0 Å². The molecule has 4 nitrogen and oxygen atoms in total. The van der Waals surface area contributed by atoms with Crippen LogP contribution < -0.4 is 0 Å². The molecule has 2 rings (SSSR count). The Morgan fingerprint density at radius 3 is 2.70 bits per heavy atom. The summed E-state index contributed by atoms with van der Waals surface area (Å²) in [6.45, 7) is 4.05. The second kappa shape index (κ2) is 7.99. The molecule has 0 aromatic heterocycles. The number of amides is 1. The summed E-state index contributed by atoms with van der Waals surface area (Å²) in [5, 5.41) is 9.16. The van der Waals surface area contributed by atoms with E-state index in [1.165, 1.54) is 32.1 Å². The Hall–Kier alpha value is -0.610. The van der Waals surface area contributed by atoms with Gasteiger partial charge < -0.3 is 14.7 Å². The molecule has 1 N–H and O–H groups in total. The molecule has 1 saturated carbocycles. The molecule has 0 aromatic carbocycles. The van der Waals surface area contributed by atoms with Crippen molar-refractivity contribution in [1.82, 2.24) is 4.90 Å². The molecule has 0 spiro atoms. The van der Waals surface area contributed by atoms with Crippen molar-refractivity contribution in [1.29, 1.82) is 0 Å². The van der Waals surface area contributed by atoms with Crippen molar-refractivity contribution in [3.8, 4) is 0 Å². The summed E-state index contributed by atoms with van der Waals surface area (Å²) in [7, 11) is 0. The van der Waals surface area contributed by atoms with Gasteiger partial charge in [-0.3, -0.25) is 4.79 Å². The van der Waals surface area contributed by atoms with Gasteiger partial charge in [0.1, 0.15) is 0 Å². The average Bonchev–Trinajstić information content (AvgIpc) is 2.52. The summed E-state index contributed by atoms with van der Waals surface area (Å²) in [5.41, 5.74) is 0. The highest BCUT2D eigenvalue weighted by atomic mass is 16.5. The van der Waals surface area contributed by atoms with Crippen LogP contribution >= 0.6 is 0 Å². The van der Waals surface area contributed by atoms with Gasteiger partial charge in [-0.05, 0) is 31.6 Å². The van der Waals surface area contributed by atoms with E-state index in [0.717, 1.165) is 18.8 Å². The lowest BCUT2D eigenvalue weighted by atomic mass is 9.79. The number of hydrogen-bond acceptors (Lipinski definition) is 3. The molecule has 2 aliphatic rings. The van der Waals surface area contributed by atoms with Crippen LogP contribution in [0.25, 0.3) is 0 Å². The number of aliphatic hydroxyl groups excluding tert-OH is 1. The quantitative estimate of drug-likeness (QED) is 0.841. The van der Waals surface area contributed by atoms with E-state index in [9.17, 15) is 4.79 Å². The van der Waals surface area contributed by atoms with Crippen LogP contribution in [0.2, 0.25) is 0 Å².